The summed E-state index contributed by atoms with van der Waals surface area (Å²) in [5, 5.41) is 5.09. The van der Waals surface area contributed by atoms with Crippen LogP contribution in [-0.4, -0.2) is 58.2 Å². The Balaban J connectivity index is 0.914. The van der Waals surface area contributed by atoms with Crippen LogP contribution in [0, 0.1) is 0 Å². The third-order valence-electron chi connectivity index (χ3n) is 10.4. The Kier molecular flexibility index (Phi) is 13.8. The van der Waals surface area contributed by atoms with E-state index in [1.54, 1.807) is 42.5 Å². The van der Waals surface area contributed by atoms with Gasteiger partial charge in [0.1, 0.15) is 11.6 Å². The van der Waals surface area contributed by atoms with Crippen molar-refractivity contribution in [3.05, 3.63) is 155 Å². The number of nitrogens with zero attached hydrogens (tertiary/aromatic N) is 6. The lowest BCUT2D eigenvalue weighted by molar-refractivity contribution is -0.142. The molecule has 0 spiro atoms. The Hall–Kier alpha value is -8.02. The van der Waals surface area contributed by atoms with Crippen molar-refractivity contribution >= 4 is 45.8 Å². The van der Waals surface area contributed by atoms with Crippen molar-refractivity contribution in [3.8, 4) is 11.1 Å². The van der Waals surface area contributed by atoms with Gasteiger partial charge in [-0.2, -0.15) is 26.3 Å². The molecule has 8 rings (SSSR count). The molecule has 1 unspecified atom stereocenters. The lowest BCUT2D eigenvalue weighted by Crippen LogP contribution is -2.32. The largest absolute Gasteiger partial charge is 0.434 e. The predicted octanol–water partition coefficient (Wildman–Crippen LogP) is 7.10. The maximum Gasteiger partial charge on any atom is 0.434 e. The summed E-state index contributed by atoms with van der Waals surface area (Å²) in [5.74, 6) is -2.25. The first-order chi connectivity index (χ1) is 32.7. The van der Waals surface area contributed by atoms with Gasteiger partial charge < -0.3 is 26.3 Å². The Morgan fingerprint density at radius 2 is 1.24 bits per heavy atom. The van der Waals surface area contributed by atoms with Crippen LogP contribution in [-0.2, 0) is 32.0 Å². The smallest absolute Gasteiger partial charge is 0.345 e. The molecule has 68 heavy (non-hydrogen) atoms. The summed E-state index contributed by atoms with van der Waals surface area (Å²) in [4.78, 5) is 56.6. The fraction of sp³-hybridized carbons (Fsp3) is 0.200. The molecule has 2 amide bonds. The number of amides is 2. The van der Waals surface area contributed by atoms with Crippen LogP contribution in [0.5, 0.6) is 0 Å². The zero-order valence-electron chi connectivity index (χ0n) is 35.6. The van der Waals surface area contributed by atoms with Crippen molar-refractivity contribution in [1.82, 2.24) is 61.4 Å². The van der Waals surface area contributed by atoms with Gasteiger partial charge in [0.15, 0.2) is 11.4 Å². The van der Waals surface area contributed by atoms with Crippen LogP contribution in [0.25, 0.3) is 33.2 Å². The number of para-hydroxylation sites is 2. The molecule has 23 heteroatoms. The van der Waals surface area contributed by atoms with Gasteiger partial charge in [0.05, 0.1) is 45.8 Å². The fourth-order valence-electron chi connectivity index (χ4n) is 7.11. The van der Waals surface area contributed by atoms with E-state index in [9.17, 15) is 35.9 Å². The summed E-state index contributed by atoms with van der Waals surface area (Å²) in [6.45, 7) is 0.462. The van der Waals surface area contributed by atoms with Crippen molar-refractivity contribution in [2.45, 2.75) is 50.9 Å². The number of H-pyrrole nitrogens is 2. The van der Waals surface area contributed by atoms with E-state index in [0.29, 0.717) is 34.3 Å². The number of aromatic nitrogens is 8. The maximum atomic E-state index is 14.3. The molecule has 0 bridgehead atoms. The molecule has 350 valence electrons. The highest BCUT2D eigenvalue weighted by Gasteiger charge is 2.39. The number of aromatic amines is 2. The minimum Gasteiger partial charge on any atom is -0.345 e. The number of hydrogen-bond donors (Lipinski definition) is 9. The minimum atomic E-state index is -4.99. The molecule has 0 fully saturated rings. The summed E-state index contributed by atoms with van der Waals surface area (Å²) < 4.78 is 85.1. The molecule has 4 aromatic carbocycles. The standard InChI is InChI=1S/C45H41F6N15O2/c46-44(47,48)37-29(40(67)53-24-36-58-31-12-4-5-13-32(31)59-36)22-54-42(63-37)66-57-21-26-10-6-11-27(18-26)28-15-16-33-35(19-28)61-39(60-33)34(14-7-17-52)62-41(68)30-23-55-43(64-38(30)45(49,50)51)65-56-20-25-8-2-1-3-9-25/h1-6,8-13,15-16,18-19,22-23,34,56-57H,7,14,17,20-21,24,52H2,(H,53,67)(H,58,59)(H,60,61)(H,62,68)(H,54,63,66)(H,55,64,65). The summed E-state index contributed by atoms with van der Waals surface area (Å²) in [6.07, 6.45) is -7.70. The topological polar surface area (TPSA) is 241 Å². The first-order valence-corrected chi connectivity index (χ1v) is 20.9. The highest BCUT2D eigenvalue weighted by atomic mass is 19.4. The van der Waals surface area contributed by atoms with Crippen LogP contribution in [0.15, 0.2) is 109 Å². The Morgan fingerprint density at radius 1 is 0.618 bits per heavy atom. The van der Waals surface area contributed by atoms with Gasteiger partial charge >= 0.3 is 12.4 Å². The zero-order valence-corrected chi connectivity index (χ0v) is 35.6. The number of halogens is 6. The number of anilines is 2. The van der Waals surface area contributed by atoms with Crippen LogP contribution < -0.4 is 38.1 Å². The van der Waals surface area contributed by atoms with E-state index in [2.05, 4.69) is 72.2 Å². The number of benzene rings is 4. The summed E-state index contributed by atoms with van der Waals surface area (Å²) in [7, 11) is 0. The maximum absolute atomic E-state index is 14.3. The second-order valence-corrected chi connectivity index (χ2v) is 15.2. The fourth-order valence-corrected chi connectivity index (χ4v) is 7.11. The van der Waals surface area contributed by atoms with E-state index in [1.807, 2.05) is 54.6 Å². The molecule has 0 saturated carbocycles. The van der Waals surface area contributed by atoms with E-state index < -0.39 is 58.7 Å². The molecule has 4 aromatic heterocycles. The Labute approximate surface area is 382 Å². The van der Waals surface area contributed by atoms with E-state index in [4.69, 9.17) is 5.73 Å². The number of rotatable bonds is 18. The molecule has 0 aliphatic carbocycles. The number of alkyl halides is 6. The van der Waals surface area contributed by atoms with Crippen LogP contribution in [0.3, 0.4) is 0 Å². The van der Waals surface area contributed by atoms with Gasteiger partial charge in [-0.1, -0.05) is 66.7 Å². The molecule has 17 nitrogen and oxygen atoms in total. The second-order valence-electron chi connectivity index (χ2n) is 15.2. The van der Waals surface area contributed by atoms with Crippen molar-refractivity contribution in [1.29, 1.82) is 0 Å². The predicted molar refractivity (Wildman–Crippen MR) is 239 cm³/mol. The molecule has 0 radical (unpaired) electrons. The molecule has 8 aromatic rings. The van der Waals surface area contributed by atoms with E-state index in [0.717, 1.165) is 34.6 Å². The molecule has 0 aliphatic rings. The number of hydrogen-bond acceptors (Lipinski definition) is 13. The molecule has 10 N–H and O–H groups in total. The van der Waals surface area contributed by atoms with Crippen molar-refractivity contribution in [2.24, 2.45) is 5.73 Å². The number of imidazole rings is 2. The normalized spacial score (nSPS) is 12.3. The lowest BCUT2D eigenvalue weighted by atomic mass is 10.0. The summed E-state index contributed by atoms with van der Waals surface area (Å²) in [6, 6.07) is 28.0. The number of fused-ring (bicyclic) bond motifs is 2. The minimum absolute atomic E-state index is 0.114. The summed E-state index contributed by atoms with van der Waals surface area (Å²) in [5.41, 5.74) is 17.6. The zero-order chi connectivity index (χ0) is 47.8. The molecular formula is C45H41F6N15O2. The van der Waals surface area contributed by atoms with Gasteiger partial charge in [-0.3, -0.25) is 20.4 Å². The van der Waals surface area contributed by atoms with Crippen LogP contribution in [0.4, 0.5) is 38.2 Å². The number of nitrogens with two attached hydrogens (primary N) is 1. The van der Waals surface area contributed by atoms with E-state index in [-0.39, 0.29) is 44.4 Å². The Bertz CT molecular complexity index is 3020. The van der Waals surface area contributed by atoms with Gasteiger partial charge in [-0.15, -0.1) is 0 Å². The molecule has 1 atom stereocenters. The van der Waals surface area contributed by atoms with Crippen LogP contribution in [0.1, 0.15) is 73.8 Å². The van der Waals surface area contributed by atoms with Gasteiger partial charge in [0.25, 0.3) is 11.8 Å². The number of nitrogens with one attached hydrogen (secondary N) is 8. The van der Waals surface area contributed by atoms with Crippen molar-refractivity contribution in [3.63, 3.8) is 0 Å². The van der Waals surface area contributed by atoms with Crippen molar-refractivity contribution < 1.29 is 35.9 Å². The number of hydrazine groups is 2. The molecular weight excluding hydrogens is 897 g/mol. The van der Waals surface area contributed by atoms with Gasteiger partial charge in [-0.05, 0) is 72.0 Å². The average molecular weight is 938 g/mol. The highest BCUT2D eigenvalue weighted by Crippen LogP contribution is 2.33. The third kappa shape index (κ3) is 11.3. The SMILES string of the molecule is NCCCC(NC(=O)c1cnc(NNCc2ccccc2)nc1C(F)(F)F)c1nc2ccc(-c3cccc(CNNc4ncc(C(=O)NCc5nc6ccccc6[nH]5)c(C(F)(F)F)n4)c3)cc2[nH]1. The third-order valence-corrected chi connectivity index (χ3v) is 10.4. The quantitative estimate of drug-likeness (QED) is 0.0309. The van der Waals surface area contributed by atoms with Gasteiger partial charge in [0, 0.05) is 25.5 Å². The lowest BCUT2D eigenvalue weighted by Gasteiger charge is -2.18. The van der Waals surface area contributed by atoms with Gasteiger partial charge in [-0.25, -0.2) is 40.8 Å². The summed E-state index contributed by atoms with van der Waals surface area (Å²) >= 11 is 0. The van der Waals surface area contributed by atoms with Crippen LogP contribution in [0.2, 0.25) is 0 Å². The highest BCUT2D eigenvalue weighted by molar-refractivity contribution is 5.96. The average Bonchev–Trinajstić information content (AvgIpc) is 3.96. The first kappa shape index (κ1) is 46.5. The van der Waals surface area contributed by atoms with Gasteiger partial charge in [0.2, 0.25) is 11.9 Å². The van der Waals surface area contributed by atoms with E-state index >= 15 is 0 Å². The van der Waals surface area contributed by atoms with E-state index in [1.165, 1.54) is 0 Å². The number of carbonyl (C=O) groups is 2. The number of carbonyl (C=O) groups excluding carboxylic acids is 2. The molecule has 0 aliphatic heterocycles. The molecule has 0 saturated heterocycles. The van der Waals surface area contributed by atoms with Crippen LogP contribution >= 0.6 is 0 Å². The van der Waals surface area contributed by atoms with Crippen molar-refractivity contribution in [2.75, 3.05) is 17.4 Å². The Morgan fingerprint density at radius 3 is 1.91 bits per heavy atom. The monoisotopic (exact) mass is 937 g/mol. The second kappa shape index (κ2) is 20.2. The first-order valence-electron chi connectivity index (χ1n) is 20.9. The molecule has 4 heterocycles.